The van der Waals surface area contributed by atoms with Gasteiger partial charge in [0, 0.05) is 31.5 Å². The van der Waals surface area contributed by atoms with Crippen LogP contribution in [0.4, 0.5) is 5.82 Å². The Kier molecular flexibility index (Phi) is 5.60. The molecular weight excluding hydrogens is 326 g/mol. The van der Waals surface area contributed by atoms with Crippen LogP contribution in [0.15, 0.2) is 24.4 Å². The quantitative estimate of drug-likeness (QED) is 0.883. The number of rotatable bonds is 4. The van der Waals surface area contributed by atoms with Crippen LogP contribution in [0.2, 0.25) is 0 Å². The summed E-state index contributed by atoms with van der Waals surface area (Å²) < 4.78 is 5.70. The van der Waals surface area contributed by atoms with E-state index in [1.807, 2.05) is 18.2 Å². The second kappa shape index (κ2) is 7.88. The van der Waals surface area contributed by atoms with Gasteiger partial charge in [0.15, 0.2) is 5.82 Å². The molecule has 4 rings (SSSR count). The summed E-state index contributed by atoms with van der Waals surface area (Å²) >= 11 is 0. The Labute approximate surface area is 147 Å². The summed E-state index contributed by atoms with van der Waals surface area (Å²) in [5, 5.41) is 6.87. The first-order valence-corrected chi connectivity index (χ1v) is 8.27. The predicted octanol–water partition coefficient (Wildman–Crippen LogP) is 2.20. The first-order valence-electron chi connectivity index (χ1n) is 8.27. The molecule has 2 aromatic heterocycles. The molecule has 0 spiro atoms. The largest absolute Gasteiger partial charge is 0.376 e. The van der Waals surface area contributed by atoms with Crippen molar-refractivity contribution in [3.8, 4) is 11.5 Å². The zero-order valence-electron chi connectivity index (χ0n) is 13.5. The van der Waals surface area contributed by atoms with Crippen molar-refractivity contribution in [1.82, 2.24) is 20.3 Å². The highest BCUT2D eigenvalue weighted by molar-refractivity contribution is 5.85. The van der Waals surface area contributed by atoms with Gasteiger partial charge < -0.3 is 15.4 Å². The van der Waals surface area contributed by atoms with Crippen LogP contribution in [0.5, 0.6) is 0 Å². The summed E-state index contributed by atoms with van der Waals surface area (Å²) in [5.74, 6) is 1.62. The molecule has 4 heterocycles. The van der Waals surface area contributed by atoms with Crippen molar-refractivity contribution in [2.24, 2.45) is 0 Å². The van der Waals surface area contributed by atoms with Crippen LogP contribution in [0.25, 0.3) is 11.5 Å². The lowest BCUT2D eigenvalue weighted by Crippen LogP contribution is -2.28. The summed E-state index contributed by atoms with van der Waals surface area (Å²) in [7, 11) is 0. The van der Waals surface area contributed by atoms with Crippen LogP contribution in [0, 0.1) is 0 Å². The Morgan fingerprint density at radius 1 is 1.29 bits per heavy atom. The molecule has 2 N–H and O–H groups in total. The molecule has 2 aliphatic rings. The van der Waals surface area contributed by atoms with Gasteiger partial charge in [0.25, 0.3) is 0 Å². The molecule has 0 saturated carbocycles. The molecule has 1 saturated heterocycles. The summed E-state index contributed by atoms with van der Waals surface area (Å²) in [6, 6.07) is 5.81. The maximum absolute atomic E-state index is 5.70. The highest BCUT2D eigenvalue weighted by Crippen LogP contribution is 2.24. The zero-order valence-corrected chi connectivity index (χ0v) is 14.3. The number of nitrogens with one attached hydrogen (secondary N) is 2. The standard InChI is InChI=1S/C17H21N5O.ClH/c1-2-7-19-14(5-1)17-21-15-11-18-8-6-13(15)16(22-17)20-10-12-4-3-9-23-12;/h1-2,5,7,12,18H,3-4,6,8-11H2,(H,20,21,22);1H. The fourth-order valence-corrected chi connectivity index (χ4v) is 3.13. The third kappa shape index (κ3) is 3.66. The van der Waals surface area contributed by atoms with E-state index in [2.05, 4.69) is 15.6 Å². The Morgan fingerprint density at radius 2 is 2.25 bits per heavy atom. The molecule has 1 unspecified atom stereocenters. The third-order valence-electron chi connectivity index (χ3n) is 4.35. The number of hydrogen-bond acceptors (Lipinski definition) is 6. The second-order valence-electron chi connectivity index (χ2n) is 5.98. The number of anilines is 1. The van der Waals surface area contributed by atoms with Crippen LogP contribution < -0.4 is 10.6 Å². The van der Waals surface area contributed by atoms with E-state index in [1.165, 1.54) is 5.56 Å². The number of nitrogens with zero attached hydrogens (tertiary/aromatic N) is 3. The minimum atomic E-state index is 0. The number of hydrogen-bond donors (Lipinski definition) is 2. The summed E-state index contributed by atoms with van der Waals surface area (Å²) in [6.45, 7) is 3.43. The maximum Gasteiger partial charge on any atom is 0.180 e. The lowest BCUT2D eigenvalue weighted by Gasteiger charge is -2.21. The van der Waals surface area contributed by atoms with E-state index in [-0.39, 0.29) is 12.4 Å². The summed E-state index contributed by atoms with van der Waals surface area (Å²) in [6.07, 6.45) is 5.29. The molecule has 7 heteroatoms. The topological polar surface area (TPSA) is 72.0 Å². The van der Waals surface area contributed by atoms with Crippen molar-refractivity contribution < 1.29 is 4.74 Å². The van der Waals surface area contributed by atoms with E-state index in [0.717, 1.165) is 62.7 Å². The number of ether oxygens (including phenoxy) is 1. The van der Waals surface area contributed by atoms with E-state index in [4.69, 9.17) is 14.7 Å². The van der Waals surface area contributed by atoms with Gasteiger partial charge in [-0.15, -0.1) is 12.4 Å². The highest BCUT2D eigenvalue weighted by atomic mass is 35.5. The van der Waals surface area contributed by atoms with Gasteiger partial charge in [0.2, 0.25) is 0 Å². The van der Waals surface area contributed by atoms with Crippen molar-refractivity contribution in [2.75, 3.05) is 25.0 Å². The van der Waals surface area contributed by atoms with Gasteiger partial charge in [-0.3, -0.25) is 4.98 Å². The van der Waals surface area contributed by atoms with E-state index < -0.39 is 0 Å². The van der Waals surface area contributed by atoms with Gasteiger partial charge in [0.05, 0.1) is 11.8 Å². The van der Waals surface area contributed by atoms with Crippen LogP contribution in [-0.2, 0) is 17.7 Å². The molecule has 0 amide bonds. The molecule has 0 bridgehead atoms. The Balaban J connectivity index is 0.00000169. The fraction of sp³-hybridized carbons (Fsp3) is 0.471. The molecular formula is C17H22ClN5O. The minimum Gasteiger partial charge on any atom is -0.376 e. The zero-order chi connectivity index (χ0) is 15.5. The fourth-order valence-electron chi connectivity index (χ4n) is 3.13. The maximum atomic E-state index is 5.70. The summed E-state index contributed by atoms with van der Waals surface area (Å²) in [4.78, 5) is 13.8. The molecule has 0 radical (unpaired) electrons. The van der Waals surface area contributed by atoms with E-state index in [9.17, 15) is 0 Å². The molecule has 2 aromatic rings. The average Bonchev–Trinajstić information content (AvgIpc) is 3.14. The van der Waals surface area contributed by atoms with E-state index in [0.29, 0.717) is 11.9 Å². The molecule has 0 aromatic carbocycles. The normalized spacial score (nSPS) is 19.4. The Bertz CT molecular complexity index is 676. The number of fused-ring (bicyclic) bond motifs is 1. The van der Waals surface area contributed by atoms with Crippen LogP contribution in [0.3, 0.4) is 0 Å². The molecule has 1 atom stereocenters. The monoisotopic (exact) mass is 347 g/mol. The van der Waals surface area contributed by atoms with Gasteiger partial charge >= 0.3 is 0 Å². The molecule has 24 heavy (non-hydrogen) atoms. The van der Waals surface area contributed by atoms with Gasteiger partial charge in [-0.2, -0.15) is 0 Å². The highest BCUT2D eigenvalue weighted by Gasteiger charge is 2.20. The van der Waals surface area contributed by atoms with Crippen molar-refractivity contribution >= 4 is 18.2 Å². The van der Waals surface area contributed by atoms with Gasteiger partial charge in [-0.25, -0.2) is 9.97 Å². The Hall–Kier alpha value is -1.76. The Morgan fingerprint density at radius 3 is 3.04 bits per heavy atom. The van der Waals surface area contributed by atoms with Gasteiger partial charge in [-0.05, 0) is 37.9 Å². The third-order valence-corrected chi connectivity index (χ3v) is 4.35. The number of aromatic nitrogens is 3. The molecule has 0 aliphatic carbocycles. The average molecular weight is 348 g/mol. The van der Waals surface area contributed by atoms with Crippen molar-refractivity contribution in [3.63, 3.8) is 0 Å². The number of halogens is 1. The van der Waals surface area contributed by atoms with E-state index >= 15 is 0 Å². The van der Waals surface area contributed by atoms with Crippen LogP contribution >= 0.6 is 12.4 Å². The predicted molar refractivity (Wildman–Crippen MR) is 95.4 cm³/mol. The molecule has 1 fully saturated rings. The lowest BCUT2D eigenvalue weighted by molar-refractivity contribution is 0.120. The number of pyridine rings is 1. The summed E-state index contributed by atoms with van der Waals surface area (Å²) in [5.41, 5.74) is 3.10. The second-order valence-corrected chi connectivity index (χ2v) is 5.98. The van der Waals surface area contributed by atoms with Gasteiger partial charge in [0.1, 0.15) is 11.5 Å². The van der Waals surface area contributed by atoms with E-state index in [1.54, 1.807) is 6.20 Å². The first-order chi connectivity index (χ1) is 11.4. The first kappa shape index (κ1) is 17.1. The van der Waals surface area contributed by atoms with Crippen molar-refractivity contribution in [3.05, 3.63) is 35.7 Å². The minimum absolute atomic E-state index is 0. The van der Waals surface area contributed by atoms with Crippen LogP contribution in [0.1, 0.15) is 24.1 Å². The van der Waals surface area contributed by atoms with Crippen molar-refractivity contribution in [2.45, 2.75) is 31.9 Å². The van der Waals surface area contributed by atoms with Gasteiger partial charge in [-0.1, -0.05) is 6.07 Å². The van der Waals surface area contributed by atoms with Crippen LogP contribution in [-0.4, -0.2) is 40.8 Å². The molecule has 6 nitrogen and oxygen atoms in total. The SMILES string of the molecule is Cl.c1ccc(-c2nc3c(c(NCC4CCCO4)n2)CCNC3)nc1. The molecule has 2 aliphatic heterocycles. The smallest absolute Gasteiger partial charge is 0.180 e. The van der Waals surface area contributed by atoms with Crippen molar-refractivity contribution in [1.29, 1.82) is 0 Å². The molecule has 128 valence electrons. The lowest BCUT2D eigenvalue weighted by atomic mass is 10.1.